The van der Waals surface area contributed by atoms with Crippen LogP contribution in [0.4, 0.5) is 0 Å². The van der Waals surface area contributed by atoms with Crippen molar-refractivity contribution in [2.24, 2.45) is 0 Å². The third-order valence-electron chi connectivity index (χ3n) is 5.37. The number of benzene rings is 1. The number of pyridine rings is 1. The lowest BCUT2D eigenvalue weighted by Crippen LogP contribution is -2.05. The molecule has 0 aliphatic heterocycles. The van der Waals surface area contributed by atoms with Crippen LogP contribution < -0.4 is 0 Å². The van der Waals surface area contributed by atoms with Gasteiger partial charge in [-0.2, -0.15) is 0 Å². The van der Waals surface area contributed by atoms with E-state index in [1.165, 1.54) is 0 Å². The Balaban J connectivity index is 1.67. The van der Waals surface area contributed by atoms with Crippen molar-refractivity contribution >= 4 is 22.5 Å². The maximum atomic E-state index is 12.1. The summed E-state index contributed by atoms with van der Waals surface area (Å²) in [5, 5.41) is 1.13. The minimum atomic E-state index is -0.344. The molecule has 0 atom stereocenters. The van der Waals surface area contributed by atoms with Crippen LogP contribution in [-0.4, -0.2) is 36.5 Å². The zero-order chi connectivity index (χ0) is 21.4. The summed E-state index contributed by atoms with van der Waals surface area (Å²) < 4.78 is 9.33. The SMILES string of the molecule is CCOC(=O)c1ccn2c(C)c(-c3cc4ccccc4n3Cc3cnccn3)nc2c1. The molecule has 0 unspecified atom stereocenters. The monoisotopic (exact) mass is 411 g/mol. The summed E-state index contributed by atoms with van der Waals surface area (Å²) >= 11 is 0. The molecule has 7 nitrogen and oxygen atoms in total. The van der Waals surface area contributed by atoms with Crippen molar-refractivity contribution in [2.45, 2.75) is 20.4 Å². The van der Waals surface area contributed by atoms with E-state index in [1.54, 1.807) is 37.6 Å². The van der Waals surface area contributed by atoms with E-state index >= 15 is 0 Å². The molecule has 0 aliphatic rings. The number of rotatable bonds is 5. The van der Waals surface area contributed by atoms with E-state index in [0.717, 1.165) is 33.7 Å². The van der Waals surface area contributed by atoms with Gasteiger partial charge in [0.05, 0.1) is 36.3 Å². The first-order valence-electron chi connectivity index (χ1n) is 10.1. The number of esters is 1. The number of hydrogen-bond donors (Lipinski definition) is 0. The Kier molecular flexibility index (Phi) is 4.71. The van der Waals surface area contributed by atoms with E-state index in [4.69, 9.17) is 9.72 Å². The third kappa shape index (κ3) is 3.34. The van der Waals surface area contributed by atoms with Gasteiger partial charge < -0.3 is 13.7 Å². The molecule has 5 rings (SSSR count). The average Bonchev–Trinajstić information content (AvgIpc) is 3.32. The fraction of sp³-hybridized carbons (Fsp3) is 0.167. The first kappa shape index (κ1) is 19.0. The quantitative estimate of drug-likeness (QED) is 0.404. The van der Waals surface area contributed by atoms with Gasteiger partial charge in [0.2, 0.25) is 0 Å². The van der Waals surface area contributed by atoms with Crippen molar-refractivity contribution in [3.05, 3.63) is 84.2 Å². The van der Waals surface area contributed by atoms with E-state index in [9.17, 15) is 4.79 Å². The van der Waals surface area contributed by atoms with Crippen molar-refractivity contribution < 1.29 is 9.53 Å². The number of fused-ring (bicyclic) bond motifs is 2. The van der Waals surface area contributed by atoms with Crippen molar-refractivity contribution in [1.29, 1.82) is 0 Å². The summed E-state index contributed by atoms with van der Waals surface area (Å²) in [6.45, 7) is 4.75. The Morgan fingerprint density at radius 1 is 1.13 bits per heavy atom. The lowest BCUT2D eigenvalue weighted by atomic mass is 10.2. The first-order valence-corrected chi connectivity index (χ1v) is 10.1. The van der Waals surface area contributed by atoms with Crippen LogP contribution in [0.25, 0.3) is 27.9 Å². The summed E-state index contributed by atoms with van der Waals surface area (Å²) in [5.74, 6) is -0.344. The predicted octanol–water partition coefficient (Wildman–Crippen LogP) is 4.28. The van der Waals surface area contributed by atoms with Crippen LogP contribution >= 0.6 is 0 Å². The number of para-hydroxylation sites is 1. The molecule has 0 saturated heterocycles. The predicted molar refractivity (Wildman–Crippen MR) is 118 cm³/mol. The summed E-state index contributed by atoms with van der Waals surface area (Å²) in [4.78, 5) is 25.7. The fourth-order valence-electron chi connectivity index (χ4n) is 3.90. The molecular formula is C24H21N5O2. The molecule has 1 aromatic carbocycles. The maximum Gasteiger partial charge on any atom is 0.338 e. The largest absolute Gasteiger partial charge is 0.462 e. The Labute approximate surface area is 179 Å². The van der Waals surface area contributed by atoms with Gasteiger partial charge in [0, 0.05) is 35.2 Å². The second kappa shape index (κ2) is 7.68. The molecule has 4 aromatic heterocycles. The van der Waals surface area contributed by atoms with Gasteiger partial charge in [-0.15, -0.1) is 0 Å². The summed E-state index contributed by atoms with van der Waals surface area (Å²) in [7, 11) is 0. The highest BCUT2D eigenvalue weighted by Gasteiger charge is 2.18. The van der Waals surface area contributed by atoms with Crippen LogP contribution in [0, 0.1) is 6.92 Å². The van der Waals surface area contributed by atoms with E-state index in [-0.39, 0.29) is 5.97 Å². The second-order valence-electron chi connectivity index (χ2n) is 7.28. The molecule has 0 spiro atoms. The number of aromatic nitrogens is 5. The van der Waals surface area contributed by atoms with Crippen LogP contribution in [0.15, 0.2) is 67.3 Å². The molecule has 31 heavy (non-hydrogen) atoms. The summed E-state index contributed by atoms with van der Waals surface area (Å²) in [6, 6.07) is 13.9. The number of carbonyl (C=O) groups is 1. The van der Waals surface area contributed by atoms with Gasteiger partial charge in [-0.25, -0.2) is 9.78 Å². The van der Waals surface area contributed by atoms with Crippen LogP contribution in [0.1, 0.15) is 28.7 Å². The smallest absolute Gasteiger partial charge is 0.338 e. The second-order valence-corrected chi connectivity index (χ2v) is 7.28. The lowest BCUT2D eigenvalue weighted by molar-refractivity contribution is 0.0526. The van der Waals surface area contributed by atoms with Gasteiger partial charge in [0.15, 0.2) is 0 Å². The standard InChI is InChI=1S/C24H21N5O2/c1-3-31-24(30)18-8-11-28-16(2)23(27-22(28)13-18)21-12-17-6-4-5-7-20(17)29(21)15-19-14-25-9-10-26-19/h4-14H,3,15H2,1-2H3. The van der Waals surface area contributed by atoms with Crippen molar-refractivity contribution in [2.75, 3.05) is 6.61 Å². The number of carbonyl (C=O) groups excluding carboxylic acids is 1. The van der Waals surface area contributed by atoms with Crippen molar-refractivity contribution in [1.82, 2.24) is 23.9 Å². The zero-order valence-corrected chi connectivity index (χ0v) is 17.3. The molecule has 0 bridgehead atoms. The Bertz CT molecular complexity index is 1400. The van der Waals surface area contributed by atoms with E-state index in [1.807, 2.05) is 29.7 Å². The Hall–Kier alpha value is -4.00. The summed E-state index contributed by atoms with van der Waals surface area (Å²) in [5.41, 5.74) is 6.02. The topological polar surface area (TPSA) is 74.3 Å². The number of imidazole rings is 1. The molecule has 154 valence electrons. The molecular weight excluding hydrogens is 390 g/mol. The molecule has 0 amide bonds. The minimum Gasteiger partial charge on any atom is -0.462 e. The van der Waals surface area contributed by atoms with Gasteiger partial charge in [-0.05, 0) is 38.1 Å². The number of ether oxygens (including phenoxy) is 1. The highest BCUT2D eigenvalue weighted by Crippen LogP contribution is 2.31. The molecule has 0 N–H and O–H groups in total. The fourth-order valence-corrected chi connectivity index (χ4v) is 3.90. The highest BCUT2D eigenvalue weighted by molar-refractivity contribution is 5.91. The van der Waals surface area contributed by atoms with Gasteiger partial charge in [0.25, 0.3) is 0 Å². The van der Waals surface area contributed by atoms with E-state index < -0.39 is 0 Å². The van der Waals surface area contributed by atoms with Gasteiger partial charge >= 0.3 is 5.97 Å². The van der Waals surface area contributed by atoms with Crippen LogP contribution in [0.5, 0.6) is 0 Å². The Morgan fingerprint density at radius 3 is 2.81 bits per heavy atom. The normalized spacial score (nSPS) is 11.3. The molecule has 0 aliphatic carbocycles. The molecule has 0 fully saturated rings. The van der Waals surface area contributed by atoms with E-state index in [0.29, 0.717) is 24.4 Å². The molecule has 5 aromatic rings. The van der Waals surface area contributed by atoms with Gasteiger partial charge in [-0.3, -0.25) is 9.97 Å². The lowest BCUT2D eigenvalue weighted by Gasteiger charge is -2.09. The molecule has 7 heteroatoms. The third-order valence-corrected chi connectivity index (χ3v) is 5.37. The number of aryl methyl sites for hydroxylation is 1. The van der Waals surface area contributed by atoms with Crippen molar-refractivity contribution in [3.63, 3.8) is 0 Å². The van der Waals surface area contributed by atoms with Crippen molar-refractivity contribution in [3.8, 4) is 11.4 Å². The van der Waals surface area contributed by atoms with Crippen LogP contribution in [-0.2, 0) is 11.3 Å². The first-order chi connectivity index (χ1) is 15.2. The van der Waals surface area contributed by atoms with E-state index in [2.05, 4.69) is 32.7 Å². The maximum absolute atomic E-state index is 12.1. The van der Waals surface area contributed by atoms with Gasteiger partial charge in [0.1, 0.15) is 11.3 Å². The van der Waals surface area contributed by atoms with Gasteiger partial charge in [-0.1, -0.05) is 18.2 Å². The number of hydrogen-bond acceptors (Lipinski definition) is 5. The van der Waals surface area contributed by atoms with Crippen LogP contribution in [0.3, 0.4) is 0 Å². The van der Waals surface area contributed by atoms with Crippen LogP contribution in [0.2, 0.25) is 0 Å². The average molecular weight is 411 g/mol. The number of nitrogens with zero attached hydrogens (tertiary/aromatic N) is 5. The highest BCUT2D eigenvalue weighted by atomic mass is 16.5. The zero-order valence-electron chi connectivity index (χ0n) is 17.3. The molecule has 4 heterocycles. The summed E-state index contributed by atoms with van der Waals surface area (Å²) in [6.07, 6.45) is 7.02. The Morgan fingerprint density at radius 2 is 2.00 bits per heavy atom. The minimum absolute atomic E-state index is 0.339. The molecule has 0 radical (unpaired) electrons. The molecule has 0 saturated carbocycles.